The monoisotopic (exact) mass is 662 g/mol. The van der Waals surface area contributed by atoms with Gasteiger partial charge in [-0.3, -0.25) is 15.0 Å². The van der Waals surface area contributed by atoms with Crippen molar-refractivity contribution in [3.8, 4) is 27.9 Å². The molecule has 5 aromatic rings. The normalized spacial score (nSPS) is 14.8. The third kappa shape index (κ3) is 6.93. The van der Waals surface area contributed by atoms with Crippen molar-refractivity contribution in [3.63, 3.8) is 0 Å². The molecule has 4 heterocycles. The Kier molecular flexibility index (Phi) is 8.65. The molecule has 1 saturated heterocycles. The lowest BCUT2D eigenvalue weighted by atomic mass is 9.92. The molecular formula is C36H38N8O3S. The van der Waals surface area contributed by atoms with Gasteiger partial charge in [-0.1, -0.05) is 44.6 Å². The van der Waals surface area contributed by atoms with Crippen molar-refractivity contribution in [2.24, 2.45) is 0 Å². The first-order valence-electron chi connectivity index (χ1n) is 16.4. The summed E-state index contributed by atoms with van der Waals surface area (Å²) >= 11 is 1.51. The maximum Gasteiger partial charge on any atom is 0.324 e. The van der Waals surface area contributed by atoms with Crippen molar-refractivity contribution in [3.05, 3.63) is 83.9 Å². The van der Waals surface area contributed by atoms with E-state index >= 15 is 0 Å². The minimum Gasteiger partial charge on any atom is -0.424 e. The highest BCUT2D eigenvalue weighted by molar-refractivity contribution is 7.19. The number of ether oxygens (including phenoxy) is 1. The first-order chi connectivity index (χ1) is 23.2. The summed E-state index contributed by atoms with van der Waals surface area (Å²) in [6.07, 6.45) is 11.7. The molecule has 0 spiro atoms. The number of amides is 3. The highest BCUT2D eigenvalue weighted by Gasteiger charge is 2.23. The molecule has 7 rings (SSSR count). The van der Waals surface area contributed by atoms with Crippen LogP contribution < -0.4 is 20.3 Å². The second-order valence-electron chi connectivity index (χ2n) is 13.2. The number of carbonyl (C=O) groups excluding carboxylic acids is 2. The lowest BCUT2D eigenvalue weighted by Gasteiger charge is -2.16. The highest BCUT2D eigenvalue weighted by Crippen LogP contribution is 2.34. The van der Waals surface area contributed by atoms with E-state index in [1.54, 1.807) is 4.68 Å². The lowest BCUT2D eigenvalue weighted by Crippen LogP contribution is -2.29. The second kappa shape index (κ2) is 13.2. The van der Waals surface area contributed by atoms with Gasteiger partial charge < -0.3 is 10.1 Å². The van der Waals surface area contributed by atoms with Gasteiger partial charge >= 0.3 is 12.0 Å². The van der Waals surface area contributed by atoms with Crippen molar-refractivity contribution in [1.29, 1.82) is 0 Å². The van der Waals surface area contributed by atoms with Crippen LogP contribution in [0.4, 0.5) is 21.4 Å². The summed E-state index contributed by atoms with van der Waals surface area (Å²) in [5.41, 5.74) is 5.70. The number of fused-ring (bicyclic) bond motifs is 1. The van der Waals surface area contributed by atoms with E-state index in [2.05, 4.69) is 64.6 Å². The molecular weight excluding hydrogens is 625 g/mol. The van der Waals surface area contributed by atoms with Crippen molar-refractivity contribution < 1.29 is 14.3 Å². The van der Waals surface area contributed by atoms with Gasteiger partial charge in [0.25, 0.3) is 0 Å². The van der Waals surface area contributed by atoms with Gasteiger partial charge in [0.1, 0.15) is 11.6 Å². The summed E-state index contributed by atoms with van der Waals surface area (Å²) in [6.45, 7) is 7.01. The predicted molar refractivity (Wildman–Crippen MR) is 187 cm³/mol. The average Bonchev–Trinajstić information content (AvgIpc) is 3.81. The number of nitrogens with one attached hydrogen (secondary N) is 2. The Morgan fingerprint density at radius 1 is 0.854 bits per heavy atom. The van der Waals surface area contributed by atoms with Crippen LogP contribution in [0.3, 0.4) is 0 Å². The number of hydrogen-bond donors (Lipinski definition) is 2. The van der Waals surface area contributed by atoms with Crippen LogP contribution in [-0.2, 0) is 23.1 Å². The molecule has 12 heteroatoms. The molecule has 48 heavy (non-hydrogen) atoms. The van der Waals surface area contributed by atoms with Gasteiger partial charge in [0.2, 0.25) is 5.91 Å². The maximum atomic E-state index is 13.1. The summed E-state index contributed by atoms with van der Waals surface area (Å²) < 4.78 is 7.65. The molecule has 2 aliphatic rings. The summed E-state index contributed by atoms with van der Waals surface area (Å²) in [7, 11) is 0. The number of urea groups is 1. The van der Waals surface area contributed by atoms with Crippen LogP contribution in [0.15, 0.2) is 67.1 Å². The molecule has 0 unspecified atom stereocenters. The van der Waals surface area contributed by atoms with Gasteiger partial charge in [-0.05, 0) is 85.2 Å². The zero-order chi connectivity index (χ0) is 33.3. The number of rotatable bonds is 7. The van der Waals surface area contributed by atoms with Crippen LogP contribution in [-0.4, -0.2) is 43.2 Å². The van der Waals surface area contributed by atoms with Crippen LogP contribution in [0.5, 0.6) is 11.8 Å². The molecule has 3 amide bonds. The van der Waals surface area contributed by atoms with Gasteiger partial charge in [0, 0.05) is 30.6 Å². The van der Waals surface area contributed by atoms with E-state index in [0.717, 1.165) is 72.0 Å². The molecule has 11 nitrogen and oxygen atoms in total. The second-order valence-corrected chi connectivity index (χ2v) is 14.2. The van der Waals surface area contributed by atoms with Gasteiger partial charge in [-0.25, -0.2) is 24.4 Å². The number of aryl methyl sites for hydroxylation is 2. The maximum absolute atomic E-state index is 13.1. The van der Waals surface area contributed by atoms with E-state index in [1.165, 1.54) is 34.9 Å². The van der Waals surface area contributed by atoms with E-state index in [4.69, 9.17) is 9.84 Å². The van der Waals surface area contributed by atoms with E-state index in [0.29, 0.717) is 23.7 Å². The van der Waals surface area contributed by atoms with Gasteiger partial charge in [-0.2, -0.15) is 5.10 Å². The molecule has 0 atom stereocenters. The van der Waals surface area contributed by atoms with Gasteiger partial charge in [0.15, 0.2) is 5.13 Å². The number of anilines is 3. The smallest absolute Gasteiger partial charge is 0.324 e. The Bertz CT molecular complexity index is 1940. The Hall–Kier alpha value is -5.10. The van der Waals surface area contributed by atoms with Crippen LogP contribution in [0.1, 0.15) is 69.7 Å². The molecule has 2 N–H and O–H groups in total. The van der Waals surface area contributed by atoms with Crippen LogP contribution >= 0.6 is 11.3 Å². The molecule has 0 saturated carbocycles. The average molecular weight is 663 g/mol. The van der Waals surface area contributed by atoms with Crippen molar-refractivity contribution in [2.45, 2.75) is 71.1 Å². The Balaban J connectivity index is 0.982. The minimum atomic E-state index is -0.433. The molecule has 3 aromatic heterocycles. The fourth-order valence-corrected chi connectivity index (χ4v) is 6.90. The van der Waals surface area contributed by atoms with E-state index < -0.39 is 6.03 Å². The Morgan fingerprint density at radius 3 is 2.44 bits per heavy atom. The molecule has 0 radical (unpaired) electrons. The van der Waals surface area contributed by atoms with Crippen LogP contribution in [0.2, 0.25) is 0 Å². The molecule has 1 fully saturated rings. The van der Waals surface area contributed by atoms with Crippen molar-refractivity contribution in [2.75, 3.05) is 22.1 Å². The molecule has 2 aromatic carbocycles. The van der Waals surface area contributed by atoms with E-state index in [1.807, 2.05) is 41.4 Å². The summed E-state index contributed by atoms with van der Waals surface area (Å²) in [5, 5.41) is 11.4. The van der Waals surface area contributed by atoms with Gasteiger partial charge in [0.05, 0.1) is 34.3 Å². The van der Waals surface area contributed by atoms with Crippen LogP contribution in [0, 0.1) is 0 Å². The summed E-state index contributed by atoms with van der Waals surface area (Å²) in [6, 6.07) is 15.6. The fraction of sp³-hybridized carbons (Fsp3) is 0.333. The Labute approximate surface area is 283 Å². The van der Waals surface area contributed by atoms with Crippen LogP contribution in [0.25, 0.3) is 16.1 Å². The first kappa shape index (κ1) is 31.5. The Morgan fingerprint density at radius 2 is 1.65 bits per heavy atom. The molecule has 246 valence electrons. The number of nitrogens with zero attached hydrogens (tertiary/aromatic N) is 6. The largest absolute Gasteiger partial charge is 0.424 e. The standard InChI is InChI=1S/C36H38N8O3S/c1-36(2,3)30-19-31(44(42-30)27-14-11-23-8-7-9-25(23)18-27)41-33(46)40-26-20-37-34(38-21-26)47-28-15-12-24(13-16-28)29-22-39-35(48-29)43-17-6-4-5-10-32(43)45/h11-16,18-22H,4-10,17H2,1-3H3,(H2,40,41,46). The van der Waals surface area contributed by atoms with Crippen molar-refractivity contribution >= 4 is 39.9 Å². The lowest BCUT2D eigenvalue weighted by molar-refractivity contribution is -0.118. The minimum absolute atomic E-state index is 0.145. The van der Waals surface area contributed by atoms with E-state index in [-0.39, 0.29) is 17.3 Å². The number of hydrogen-bond acceptors (Lipinski definition) is 8. The molecule has 1 aliphatic heterocycles. The third-order valence-corrected chi connectivity index (χ3v) is 9.65. The number of carbonyl (C=O) groups is 2. The highest BCUT2D eigenvalue weighted by atomic mass is 32.1. The van der Waals surface area contributed by atoms with Gasteiger partial charge in [-0.15, -0.1) is 0 Å². The predicted octanol–water partition coefficient (Wildman–Crippen LogP) is 7.92. The molecule has 1 aliphatic carbocycles. The van der Waals surface area contributed by atoms with Crippen molar-refractivity contribution in [1.82, 2.24) is 24.7 Å². The number of aromatic nitrogens is 5. The zero-order valence-electron chi connectivity index (χ0n) is 27.3. The third-order valence-electron chi connectivity index (χ3n) is 8.58. The topological polar surface area (TPSA) is 127 Å². The number of thiazole rings is 1. The molecule has 0 bridgehead atoms. The quantitative estimate of drug-likeness (QED) is 0.181. The number of benzene rings is 2. The fourth-order valence-electron chi connectivity index (χ4n) is 5.94. The van der Waals surface area contributed by atoms with E-state index in [9.17, 15) is 9.59 Å². The SMILES string of the molecule is CC(C)(C)c1cc(NC(=O)Nc2cnc(Oc3ccc(-c4cnc(N5CCCCCC5=O)s4)cc3)nc2)n(-c2ccc3c(c2)CCC3)n1. The summed E-state index contributed by atoms with van der Waals surface area (Å²) in [5.74, 6) is 1.29. The first-order valence-corrected chi connectivity index (χ1v) is 17.2. The zero-order valence-corrected chi connectivity index (χ0v) is 28.1. The summed E-state index contributed by atoms with van der Waals surface area (Å²) in [4.78, 5) is 41.4.